The van der Waals surface area contributed by atoms with E-state index < -0.39 is 17.4 Å². The second kappa shape index (κ2) is 12.2. The molecule has 11 heteroatoms. The van der Waals surface area contributed by atoms with Crippen LogP contribution in [0.15, 0.2) is 81.1 Å². The van der Waals surface area contributed by atoms with Crippen LogP contribution in [0.4, 0.5) is 11.4 Å². The standard InChI is InChI=1S/C29H26BrN5O5/c30-21-14-15-24-23(16-21)29(37)34(28(33-24)19-8-3-1-4-9-19)31-17-20-10-7-13-25(35(38)39)27(20)40-18-26(36)32-22-11-5-2-6-12-22/h2,5-7,10-17,19H,1,3-4,8-9,18H2,(H,32,36). The molecule has 1 aliphatic carbocycles. The van der Waals surface area contributed by atoms with E-state index in [2.05, 4.69) is 26.3 Å². The first-order valence-corrected chi connectivity index (χ1v) is 13.7. The average Bonchev–Trinajstić information content (AvgIpc) is 2.97. The molecule has 40 heavy (non-hydrogen) atoms. The van der Waals surface area contributed by atoms with Crippen molar-refractivity contribution in [2.24, 2.45) is 5.10 Å². The second-order valence-electron chi connectivity index (χ2n) is 9.48. The molecular formula is C29H26BrN5O5. The maximum absolute atomic E-state index is 13.6. The van der Waals surface area contributed by atoms with Gasteiger partial charge in [-0.15, -0.1) is 0 Å². The number of amides is 1. The Morgan fingerprint density at radius 1 is 1.12 bits per heavy atom. The first-order chi connectivity index (χ1) is 19.4. The van der Waals surface area contributed by atoms with Crippen molar-refractivity contribution in [3.8, 4) is 5.75 Å². The number of halogens is 1. The molecule has 1 heterocycles. The highest BCUT2D eigenvalue weighted by Gasteiger charge is 2.23. The van der Waals surface area contributed by atoms with Crippen LogP contribution in [0, 0.1) is 10.1 Å². The molecule has 0 saturated heterocycles. The van der Waals surface area contributed by atoms with Crippen LogP contribution in [0.5, 0.6) is 5.75 Å². The van der Waals surface area contributed by atoms with Crippen molar-refractivity contribution in [3.63, 3.8) is 0 Å². The summed E-state index contributed by atoms with van der Waals surface area (Å²) in [6, 6.07) is 18.5. The van der Waals surface area contributed by atoms with E-state index in [0.29, 0.717) is 22.4 Å². The zero-order valence-electron chi connectivity index (χ0n) is 21.5. The number of para-hydroxylation sites is 2. The number of carbonyl (C=O) groups is 1. The van der Waals surface area contributed by atoms with Gasteiger partial charge in [0.05, 0.1) is 22.0 Å². The third-order valence-electron chi connectivity index (χ3n) is 6.74. The SMILES string of the molecule is O=C(COc1c(C=Nn2c(C3CCCCC3)nc3ccc(Br)cc3c2=O)cccc1[N+](=O)[O-])Nc1ccccc1. The summed E-state index contributed by atoms with van der Waals surface area (Å²) in [6.45, 7) is -0.459. The number of nitro benzene ring substituents is 1. The van der Waals surface area contributed by atoms with E-state index in [1.54, 1.807) is 42.5 Å². The van der Waals surface area contributed by atoms with E-state index in [9.17, 15) is 19.7 Å². The lowest BCUT2D eigenvalue weighted by Gasteiger charge is -2.22. The Morgan fingerprint density at radius 2 is 1.90 bits per heavy atom. The minimum Gasteiger partial charge on any atom is -0.476 e. The molecule has 1 saturated carbocycles. The molecule has 3 aromatic carbocycles. The van der Waals surface area contributed by atoms with Gasteiger partial charge in [-0.25, -0.2) is 4.98 Å². The van der Waals surface area contributed by atoms with Gasteiger partial charge in [0.25, 0.3) is 11.5 Å². The summed E-state index contributed by atoms with van der Waals surface area (Å²) in [4.78, 5) is 42.1. The number of rotatable bonds is 8. The monoisotopic (exact) mass is 603 g/mol. The van der Waals surface area contributed by atoms with Gasteiger partial charge < -0.3 is 10.1 Å². The Kier molecular flexibility index (Phi) is 8.30. The van der Waals surface area contributed by atoms with E-state index in [1.807, 2.05) is 12.1 Å². The average molecular weight is 604 g/mol. The topological polar surface area (TPSA) is 129 Å². The van der Waals surface area contributed by atoms with Gasteiger partial charge in [-0.1, -0.05) is 59.5 Å². The predicted molar refractivity (Wildman–Crippen MR) is 156 cm³/mol. The van der Waals surface area contributed by atoms with Crippen LogP contribution in [0.1, 0.15) is 49.4 Å². The van der Waals surface area contributed by atoms with Gasteiger partial charge in [0.2, 0.25) is 5.75 Å². The molecule has 0 atom stereocenters. The van der Waals surface area contributed by atoms with Crippen LogP contribution in [0.2, 0.25) is 0 Å². The van der Waals surface area contributed by atoms with Gasteiger partial charge in [-0.05, 0) is 49.2 Å². The first kappa shape index (κ1) is 27.2. The number of nitro groups is 1. The number of ether oxygens (including phenoxy) is 1. The number of nitrogens with zero attached hydrogens (tertiary/aromatic N) is 4. The number of fused-ring (bicyclic) bond motifs is 1. The van der Waals surface area contributed by atoms with Crippen LogP contribution in [0.25, 0.3) is 10.9 Å². The molecule has 0 unspecified atom stereocenters. The molecule has 1 amide bonds. The highest BCUT2D eigenvalue weighted by molar-refractivity contribution is 9.10. The van der Waals surface area contributed by atoms with Crippen molar-refractivity contribution in [2.45, 2.75) is 38.0 Å². The smallest absolute Gasteiger partial charge is 0.311 e. The van der Waals surface area contributed by atoms with Crippen molar-refractivity contribution >= 4 is 50.3 Å². The number of nitrogens with one attached hydrogen (secondary N) is 1. The number of aromatic nitrogens is 2. The maximum atomic E-state index is 13.6. The fourth-order valence-electron chi connectivity index (χ4n) is 4.82. The molecule has 5 rings (SSSR count). The summed E-state index contributed by atoms with van der Waals surface area (Å²) in [7, 11) is 0. The third-order valence-corrected chi connectivity index (χ3v) is 7.24. The molecule has 1 aromatic heterocycles. The quantitative estimate of drug-likeness (QED) is 0.149. The van der Waals surface area contributed by atoms with Crippen molar-refractivity contribution < 1.29 is 14.5 Å². The summed E-state index contributed by atoms with van der Waals surface area (Å²) in [5.41, 5.74) is 0.752. The van der Waals surface area contributed by atoms with Crippen LogP contribution < -0.4 is 15.6 Å². The molecular weight excluding hydrogens is 578 g/mol. The summed E-state index contributed by atoms with van der Waals surface area (Å²) >= 11 is 3.42. The lowest BCUT2D eigenvalue weighted by atomic mass is 9.88. The maximum Gasteiger partial charge on any atom is 0.311 e. The van der Waals surface area contributed by atoms with E-state index in [1.165, 1.54) is 23.0 Å². The molecule has 1 fully saturated rings. The lowest BCUT2D eigenvalue weighted by Crippen LogP contribution is -2.25. The van der Waals surface area contributed by atoms with Crippen LogP contribution in [-0.2, 0) is 4.79 Å². The molecule has 10 nitrogen and oxygen atoms in total. The highest BCUT2D eigenvalue weighted by atomic mass is 79.9. The number of hydrogen-bond donors (Lipinski definition) is 1. The Labute approximate surface area is 238 Å². The molecule has 1 aliphatic rings. The van der Waals surface area contributed by atoms with Gasteiger partial charge in [0.1, 0.15) is 5.82 Å². The molecule has 1 N–H and O–H groups in total. The lowest BCUT2D eigenvalue weighted by molar-refractivity contribution is -0.385. The minimum absolute atomic E-state index is 0.0640. The van der Waals surface area contributed by atoms with Crippen molar-refractivity contribution in [2.75, 3.05) is 11.9 Å². The van der Waals surface area contributed by atoms with Crippen LogP contribution in [0.3, 0.4) is 0 Å². The Morgan fingerprint density at radius 3 is 2.65 bits per heavy atom. The van der Waals surface area contributed by atoms with Gasteiger partial charge in [-0.2, -0.15) is 9.78 Å². The highest BCUT2D eigenvalue weighted by Crippen LogP contribution is 2.33. The normalized spacial score (nSPS) is 13.9. The van der Waals surface area contributed by atoms with Gasteiger partial charge in [0.15, 0.2) is 6.61 Å². The number of anilines is 1. The van der Waals surface area contributed by atoms with Crippen LogP contribution >= 0.6 is 15.9 Å². The van der Waals surface area contributed by atoms with E-state index >= 15 is 0 Å². The largest absolute Gasteiger partial charge is 0.476 e. The third kappa shape index (κ3) is 6.09. The minimum atomic E-state index is -0.587. The van der Waals surface area contributed by atoms with Gasteiger partial charge in [0, 0.05) is 27.7 Å². The Balaban J connectivity index is 1.51. The molecule has 0 radical (unpaired) electrons. The van der Waals surface area contributed by atoms with E-state index in [0.717, 1.165) is 36.6 Å². The van der Waals surface area contributed by atoms with Crippen molar-refractivity contribution in [1.29, 1.82) is 0 Å². The fraction of sp³-hybridized carbons (Fsp3) is 0.241. The molecule has 0 aliphatic heterocycles. The summed E-state index contributed by atoms with van der Waals surface area (Å²) in [5.74, 6) is 0.0237. The van der Waals surface area contributed by atoms with Crippen molar-refractivity contribution in [1.82, 2.24) is 9.66 Å². The first-order valence-electron chi connectivity index (χ1n) is 12.9. The summed E-state index contributed by atoms with van der Waals surface area (Å²) < 4.78 is 7.69. The molecule has 204 valence electrons. The second-order valence-corrected chi connectivity index (χ2v) is 10.4. The number of carbonyl (C=O) groups excluding carboxylic acids is 1. The van der Waals surface area contributed by atoms with E-state index in [4.69, 9.17) is 9.72 Å². The number of benzene rings is 3. The molecule has 0 spiro atoms. The summed E-state index contributed by atoms with van der Waals surface area (Å²) in [5, 5.41) is 19.4. The summed E-state index contributed by atoms with van der Waals surface area (Å²) in [6.07, 6.45) is 6.35. The van der Waals surface area contributed by atoms with Gasteiger partial charge in [-0.3, -0.25) is 19.7 Å². The van der Waals surface area contributed by atoms with Gasteiger partial charge >= 0.3 is 5.69 Å². The van der Waals surface area contributed by atoms with Crippen molar-refractivity contribution in [3.05, 3.63) is 103 Å². The Bertz CT molecular complexity index is 1650. The van der Waals surface area contributed by atoms with E-state index in [-0.39, 0.29) is 28.5 Å². The fourth-order valence-corrected chi connectivity index (χ4v) is 5.18. The predicted octanol–water partition coefficient (Wildman–Crippen LogP) is 6.01. The number of hydrogen-bond acceptors (Lipinski definition) is 7. The zero-order valence-corrected chi connectivity index (χ0v) is 23.0. The molecule has 0 bridgehead atoms. The molecule has 4 aromatic rings. The Hall–Kier alpha value is -4.38. The van der Waals surface area contributed by atoms with Crippen LogP contribution in [-0.4, -0.2) is 33.3 Å². The zero-order chi connectivity index (χ0) is 28.1.